The lowest BCUT2D eigenvalue weighted by Crippen LogP contribution is -2.34. The Balaban J connectivity index is 0.00000180. The number of aliphatic hydroxyl groups excluding tert-OH is 1. The molecule has 0 radical (unpaired) electrons. The van der Waals surface area contributed by atoms with Crippen LogP contribution in [0.1, 0.15) is 37.2 Å². The molecule has 0 aliphatic heterocycles. The van der Waals surface area contributed by atoms with Gasteiger partial charge in [-0.3, -0.25) is 0 Å². The van der Waals surface area contributed by atoms with E-state index in [1.165, 1.54) is 0 Å². The number of aliphatic hydroxyl groups is 1. The fraction of sp³-hybridized carbons (Fsp3) is 0.500. The number of nitrogens with two attached hydrogens (primary N) is 1. The van der Waals surface area contributed by atoms with Gasteiger partial charge in [-0.1, -0.05) is 19.0 Å². The summed E-state index contributed by atoms with van der Waals surface area (Å²) in [5.74, 6) is 0.915. The van der Waals surface area contributed by atoms with Crippen LogP contribution in [0.3, 0.4) is 0 Å². The maximum atomic E-state index is 9.99. The zero-order chi connectivity index (χ0) is 13.1. The summed E-state index contributed by atoms with van der Waals surface area (Å²) in [5, 5.41) is 17.8. The molecule has 1 unspecified atom stereocenters. The molecule has 0 aromatic carbocycles. The minimum Gasteiger partial charge on any atom is -0.383 e. The molecule has 0 spiro atoms. The van der Waals surface area contributed by atoms with Gasteiger partial charge in [-0.05, 0) is 28.3 Å². The largest absolute Gasteiger partial charge is 0.383 e. The Morgan fingerprint density at radius 2 is 2.21 bits per heavy atom. The lowest BCUT2D eigenvalue weighted by Gasteiger charge is -2.18. The standard InChI is InChI=1S/C12H17N3O2S.ClH/c1-7(2)10(13)11(16)12-14-9(17-15-12)5-8-3-4-18-6-8;/h3-4,6-7,10-11,16H,5,13H2,1-2H3;1H/t10-,11?;/m0./s1. The first-order valence-corrected chi connectivity index (χ1v) is 6.79. The topological polar surface area (TPSA) is 85.2 Å². The maximum Gasteiger partial charge on any atom is 0.231 e. The van der Waals surface area contributed by atoms with Crippen molar-refractivity contribution in [3.05, 3.63) is 34.1 Å². The molecule has 2 aromatic heterocycles. The van der Waals surface area contributed by atoms with E-state index in [9.17, 15) is 5.11 Å². The third-order valence-corrected chi connectivity index (χ3v) is 3.55. The van der Waals surface area contributed by atoms with Crippen LogP contribution in [0.5, 0.6) is 0 Å². The summed E-state index contributed by atoms with van der Waals surface area (Å²) in [6, 6.07) is 1.61. The van der Waals surface area contributed by atoms with Gasteiger partial charge < -0.3 is 15.4 Å². The lowest BCUT2D eigenvalue weighted by molar-refractivity contribution is 0.114. The van der Waals surface area contributed by atoms with Crippen molar-refractivity contribution < 1.29 is 9.63 Å². The smallest absolute Gasteiger partial charge is 0.231 e. The molecular formula is C12H18ClN3O2S. The van der Waals surface area contributed by atoms with Crippen molar-refractivity contribution in [3.63, 3.8) is 0 Å². The van der Waals surface area contributed by atoms with Crippen LogP contribution in [0.4, 0.5) is 0 Å². The molecule has 0 amide bonds. The van der Waals surface area contributed by atoms with Gasteiger partial charge in [0.15, 0.2) is 0 Å². The second-order valence-electron chi connectivity index (χ2n) is 4.62. The predicted molar refractivity (Wildman–Crippen MR) is 76.4 cm³/mol. The summed E-state index contributed by atoms with van der Waals surface area (Å²) >= 11 is 1.62. The zero-order valence-corrected chi connectivity index (χ0v) is 12.4. The third kappa shape index (κ3) is 4.01. The Morgan fingerprint density at radius 3 is 2.79 bits per heavy atom. The number of rotatable bonds is 5. The summed E-state index contributed by atoms with van der Waals surface area (Å²) in [6.07, 6.45) is -0.301. The summed E-state index contributed by atoms with van der Waals surface area (Å²) < 4.78 is 5.12. The van der Waals surface area contributed by atoms with Gasteiger partial charge >= 0.3 is 0 Å². The SMILES string of the molecule is CC(C)[C@H](N)C(O)c1noc(Cc2ccsc2)n1.Cl. The summed E-state index contributed by atoms with van der Waals surface area (Å²) in [5.41, 5.74) is 6.99. The zero-order valence-electron chi connectivity index (χ0n) is 10.8. The molecule has 2 rings (SSSR count). The highest BCUT2D eigenvalue weighted by Crippen LogP contribution is 2.19. The van der Waals surface area contributed by atoms with Gasteiger partial charge in [0.05, 0.1) is 6.42 Å². The molecule has 0 aliphatic rings. The van der Waals surface area contributed by atoms with Crippen LogP contribution in [0.15, 0.2) is 21.3 Å². The van der Waals surface area contributed by atoms with Gasteiger partial charge in [0.2, 0.25) is 11.7 Å². The Labute approximate surface area is 122 Å². The van der Waals surface area contributed by atoms with E-state index in [4.69, 9.17) is 10.3 Å². The highest BCUT2D eigenvalue weighted by atomic mass is 35.5. The minimum absolute atomic E-state index is 0. The van der Waals surface area contributed by atoms with Crippen molar-refractivity contribution in [1.82, 2.24) is 10.1 Å². The van der Waals surface area contributed by atoms with E-state index in [-0.39, 0.29) is 24.1 Å². The first-order chi connectivity index (χ1) is 8.58. The number of halogens is 1. The third-order valence-electron chi connectivity index (χ3n) is 2.82. The normalized spacial score (nSPS) is 14.2. The van der Waals surface area contributed by atoms with Crippen LogP contribution in [0, 0.1) is 5.92 Å². The van der Waals surface area contributed by atoms with Gasteiger partial charge in [-0.2, -0.15) is 16.3 Å². The molecule has 0 bridgehead atoms. The van der Waals surface area contributed by atoms with Gasteiger partial charge in [0.25, 0.3) is 0 Å². The summed E-state index contributed by atoms with van der Waals surface area (Å²) in [6.45, 7) is 3.89. The number of aromatic nitrogens is 2. The fourth-order valence-corrected chi connectivity index (χ4v) is 2.23. The fourth-order valence-electron chi connectivity index (χ4n) is 1.56. The Hall–Kier alpha value is -0.950. The van der Waals surface area contributed by atoms with Crippen molar-refractivity contribution in [1.29, 1.82) is 0 Å². The minimum atomic E-state index is -0.884. The van der Waals surface area contributed by atoms with Crippen LogP contribution in [0.2, 0.25) is 0 Å². The van der Waals surface area contributed by atoms with Crippen molar-refractivity contribution in [2.45, 2.75) is 32.4 Å². The molecule has 5 nitrogen and oxygen atoms in total. The van der Waals surface area contributed by atoms with Crippen LogP contribution >= 0.6 is 23.7 Å². The molecule has 19 heavy (non-hydrogen) atoms. The monoisotopic (exact) mass is 303 g/mol. The Morgan fingerprint density at radius 1 is 1.47 bits per heavy atom. The van der Waals surface area contributed by atoms with Crippen molar-refractivity contribution in [3.8, 4) is 0 Å². The second kappa shape index (κ2) is 7.00. The van der Waals surface area contributed by atoms with Crippen LogP contribution < -0.4 is 5.73 Å². The van der Waals surface area contributed by atoms with E-state index in [0.717, 1.165) is 5.56 Å². The molecule has 0 saturated carbocycles. The Bertz CT molecular complexity index is 487. The van der Waals surface area contributed by atoms with E-state index in [1.54, 1.807) is 11.3 Å². The Kier molecular flexibility index (Phi) is 5.93. The highest BCUT2D eigenvalue weighted by molar-refractivity contribution is 7.07. The van der Waals surface area contributed by atoms with Crippen LogP contribution in [-0.4, -0.2) is 21.3 Å². The number of thiophene rings is 1. The maximum absolute atomic E-state index is 9.99. The lowest BCUT2D eigenvalue weighted by atomic mass is 9.99. The van der Waals surface area contributed by atoms with Crippen molar-refractivity contribution in [2.75, 3.05) is 0 Å². The molecule has 2 heterocycles. The molecule has 0 saturated heterocycles. The van der Waals surface area contributed by atoms with Crippen molar-refractivity contribution in [2.24, 2.45) is 11.7 Å². The van der Waals surface area contributed by atoms with E-state index in [2.05, 4.69) is 10.1 Å². The average Bonchev–Trinajstić information content (AvgIpc) is 2.99. The van der Waals surface area contributed by atoms with E-state index >= 15 is 0 Å². The number of hydrogen-bond acceptors (Lipinski definition) is 6. The second-order valence-corrected chi connectivity index (χ2v) is 5.40. The number of hydrogen-bond donors (Lipinski definition) is 2. The molecular weight excluding hydrogens is 286 g/mol. The summed E-state index contributed by atoms with van der Waals surface area (Å²) in [4.78, 5) is 4.19. The first kappa shape index (κ1) is 16.1. The van der Waals surface area contributed by atoms with Gasteiger partial charge in [-0.25, -0.2) is 0 Å². The highest BCUT2D eigenvalue weighted by Gasteiger charge is 2.24. The molecule has 3 N–H and O–H groups in total. The predicted octanol–water partition coefficient (Wildman–Crippen LogP) is 2.16. The quantitative estimate of drug-likeness (QED) is 0.884. The first-order valence-electron chi connectivity index (χ1n) is 5.85. The van der Waals surface area contributed by atoms with E-state index < -0.39 is 12.1 Å². The van der Waals surface area contributed by atoms with Crippen LogP contribution in [-0.2, 0) is 6.42 Å². The van der Waals surface area contributed by atoms with Gasteiger partial charge in [0, 0.05) is 6.04 Å². The van der Waals surface area contributed by atoms with Crippen molar-refractivity contribution >= 4 is 23.7 Å². The van der Waals surface area contributed by atoms with Gasteiger partial charge in [0.1, 0.15) is 6.10 Å². The summed E-state index contributed by atoms with van der Waals surface area (Å²) in [7, 11) is 0. The molecule has 7 heteroatoms. The average molecular weight is 304 g/mol. The molecule has 106 valence electrons. The van der Waals surface area contributed by atoms with Crippen LogP contribution in [0.25, 0.3) is 0 Å². The van der Waals surface area contributed by atoms with E-state index in [1.807, 2.05) is 30.7 Å². The van der Waals surface area contributed by atoms with Gasteiger partial charge in [-0.15, -0.1) is 12.4 Å². The molecule has 2 atom stereocenters. The molecule has 2 aromatic rings. The van der Waals surface area contributed by atoms with E-state index in [0.29, 0.717) is 12.3 Å². The molecule has 0 fully saturated rings. The number of nitrogens with zero attached hydrogens (tertiary/aromatic N) is 2. The molecule has 0 aliphatic carbocycles.